The second kappa shape index (κ2) is 6.30. The highest BCUT2D eigenvalue weighted by Crippen LogP contribution is 2.22. The van der Waals surface area contributed by atoms with Crippen molar-refractivity contribution in [2.45, 2.75) is 4.90 Å². The number of hydrogen-bond donors (Lipinski definition) is 1. The quantitative estimate of drug-likeness (QED) is 0.681. The third-order valence-electron chi connectivity index (χ3n) is 2.62. The maximum absolute atomic E-state index is 13.5. The van der Waals surface area contributed by atoms with Crippen molar-refractivity contribution in [2.24, 2.45) is 0 Å². The molecule has 0 saturated carbocycles. The van der Waals surface area contributed by atoms with E-state index in [2.05, 4.69) is 9.71 Å². The summed E-state index contributed by atoms with van der Waals surface area (Å²) >= 11 is 5.44. The van der Waals surface area contributed by atoms with E-state index in [1.54, 1.807) is 12.1 Å². The Kier molecular flexibility index (Phi) is 4.69. The monoisotopic (exact) mass is 314 g/mol. The van der Waals surface area contributed by atoms with Gasteiger partial charge >= 0.3 is 0 Å². The van der Waals surface area contributed by atoms with Crippen LogP contribution in [0.5, 0.6) is 0 Å². The van der Waals surface area contributed by atoms with Crippen LogP contribution in [0.1, 0.15) is 0 Å². The minimum Gasteiger partial charge on any atom is -0.228 e. The summed E-state index contributed by atoms with van der Waals surface area (Å²) in [6.45, 7) is 0.156. The van der Waals surface area contributed by atoms with Gasteiger partial charge in [-0.05, 0) is 29.8 Å². The molecule has 0 bridgehead atoms. The summed E-state index contributed by atoms with van der Waals surface area (Å²) in [7, 11) is -3.58. The first kappa shape index (κ1) is 14.9. The zero-order valence-electron chi connectivity index (χ0n) is 10.4. The smallest absolute Gasteiger partial charge is 0.228 e. The van der Waals surface area contributed by atoms with Gasteiger partial charge in [0.05, 0.1) is 4.90 Å². The van der Waals surface area contributed by atoms with E-state index in [4.69, 9.17) is 11.6 Å². The van der Waals surface area contributed by atoms with Crippen molar-refractivity contribution < 1.29 is 12.8 Å². The predicted molar refractivity (Wildman–Crippen MR) is 75.5 cm³/mol. The first-order chi connectivity index (χ1) is 9.54. The predicted octanol–water partition coefficient (Wildman–Crippen LogP) is 2.40. The van der Waals surface area contributed by atoms with Gasteiger partial charge in [0.1, 0.15) is 0 Å². The fraction of sp³-hybridized carbons (Fsp3) is 0.154. The third kappa shape index (κ3) is 3.33. The molecule has 0 fully saturated rings. The molecule has 0 amide bonds. The molecule has 1 aromatic heterocycles. The van der Waals surface area contributed by atoms with E-state index in [-0.39, 0.29) is 17.3 Å². The number of aromatic nitrogens is 1. The second-order valence-corrected chi connectivity index (χ2v) is 6.10. The molecule has 0 aliphatic rings. The van der Waals surface area contributed by atoms with Crippen molar-refractivity contribution >= 4 is 21.6 Å². The maximum atomic E-state index is 13.5. The van der Waals surface area contributed by atoms with Crippen LogP contribution < -0.4 is 4.72 Å². The van der Waals surface area contributed by atoms with Gasteiger partial charge in [-0.15, -0.1) is 11.6 Å². The average Bonchev–Trinajstić information content (AvgIpc) is 2.46. The number of halogens is 2. The number of nitrogens with one attached hydrogen (secondary N) is 1. The van der Waals surface area contributed by atoms with Crippen LogP contribution in [0.15, 0.2) is 47.5 Å². The normalized spacial score (nSPS) is 11.5. The third-order valence-corrected chi connectivity index (χ3v) is 4.29. The lowest BCUT2D eigenvalue weighted by Gasteiger charge is -2.07. The summed E-state index contributed by atoms with van der Waals surface area (Å²) in [5.74, 6) is -0.401. The Morgan fingerprint density at radius 3 is 2.50 bits per heavy atom. The van der Waals surface area contributed by atoms with E-state index >= 15 is 0 Å². The van der Waals surface area contributed by atoms with Crippen molar-refractivity contribution in [3.8, 4) is 11.1 Å². The Balaban J connectivity index is 2.29. The van der Waals surface area contributed by atoms with Crippen molar-refractivity contribution in [3.05, 3.63) is 48.5 Å². The molecular weight excluding hydrogens is 303 g/mol. The maximum Gasteiger partial charge on any atom is 0.240 e. The molecule has 0 radical (unpaired) electrons. The van der Waals surface area contributed by atoms with Crippen LogP contribution in [0.2, 0.25) is 0 Å². The minimum atomic E-state index is -3.58. The average molecular weight is 315 g/mol. The Bertz CT molecular complexity index is 690. The van der Waals surface area contributed by atoms with Crippen molar-refractivity contribution in [1.29, 1.82) is 0 Å². The van der Waals surface area contributed by atoms with E-state index in [0.29, 0.717) is 11.1 Å². The number of pyridine rings is 1. The fourth-order valence-corrected chi connectivity index (χ4v) is 2.91. The second-order valence-electron chi connectivity index (χ2n) is 3.95. The van der Waals surface area contributed by atoms with Crippen LogP contribution in [-0.2, 0) is 10.0 Å². The Morgan fingerprint density at radius 2 is 1.90 bits per heavy atom. The number of sulfonamides is 1. The molecule has 4 nitrogen and oxygen atoms in total. The minimum absolute atomic E-state index is 0.107. The topological polar surface area (TPSA) is 59.1 Å². The number of alkyl halides is 1. The molecule has 0 aliphatic carbocycles. The van der Waals surface area contributed by atoms with E-state index in [9.17, 15) is 12.8 Å². The van der Waals surface area contributed by atoms with Crippen LogP contribution in [0.4, 0.5) is 4.39 Å². The highest BCUT2D eigenvalue weighted by molar-refractivity contribution is 7.89. The van der Waals surface area contributed by atoms with E-state index in [1.165, 1.54) is 30.5 Å². The first-order valence-electron chi connectivity index (χ1n) is 5.81. The first-order valence-corrected chi connectivity index (χ1v) is 7.83. The van der Waals surface area contributed by atoms with E-state index in [1.807, 2.05) is 0 Å². The number of nitrogens with zero attached hydrogens (tertiary/aromatic N) is 1. The molecular formula is C13H12ClFN2O2S. The molecule has 0 saturated heterocycles. The van der Waals surface area contributed by atoms with Gasteiger partial charge in [-0.1, -0.05) is 12.1 Å². The Labute approximate surface area is 121 Å². The Morgan fingerprint density at radius 1 is 1.20 bits per heavy atom. The van der Waals surface area contributed by atoms with Crippen LogP contribution >= 0.6 is 11.6 Å². The van der Waals surface area contributed by atoms with Gasteiger partial charge in [0, 0.05) is 24.2 Å². The zero-order valence-corrected chi connectivity index (χ0v) is 12.0. The van der Waals surface area contributed by atoms with Gasteiger partial charge in [0.15, 0.2) is 0 Å². The lowest BCUT2D eigenvalue weighted by Crippen LogP contribution is -2.25. The number of rotatable bonds is 5. The van der Waals surface area contributed by atoms with Gasteiger partial charge in [-0.3, -0.25) is 0 Å². The van der Waals surface area contributed by atoms with Crippen molar-refractivity contribution in [3.63, 3.8) is 0 Å². The summed E-state index contributed by atoms with van der Waals surface area (Å²) < 4.78 is 39.6. The van der Waals surface area contributed by atoms with Gasteiger partial charge in [-0.25, -0.2) is 18.1 Å². The lowest BCUT2D eigenvalue weighted by molar-refractivity contribution is 0.584. The largest absolute Gasteiger partial charge is 0.240 e. The van der Waals surface area contributed by atoms with Crippen LogP contribution in [0.3, 0.4) is 0 Å². The summed E-state index contributed by atoms with van der Waals surface area (Å²) in [5.41, 5.74) is 0.886. The molecule has 0 aliphatic heterocycles. The van der Waals surface area contributed by atoms with Crippen molar-refractivity contribution in [1.82, 2.24) is 9.71 Å². The molecule has 20 heavy (non-hydrogen) atoms. The number of benzene rings is 1. The van der Waals surface area contributed by atoms with Crippen molar-refractivity contribution in [2.75, 3.05) is 12.4 Å². The summed E-state index contributed by atoms with van der Waals surface area (Å²) in [6, 6.07) is 9.10. The van der Waals surface area contributed by atoms with Crippen LogP contribution in [-0.4, -0.2) is 25.8 Å². The SMILES string of the molecule is O=S(=O)(NCCCl)c1ccc(-c2cccnc2F)cc1. The molecule has 0 spiro atoms. The lowest BCUT2D eigenvalue weighted by atomic mass is 10.1. The highest BCUT2D eigenvalue weighted by Gasteiger charge is 2.13. The zero-order chi connectivity index (χ0) is 14.6. The molecule has 1 N–H and O–H groups in total. The standard InChI is InChI=1S/C13H12ClFN2O2S/c14-7-9-17-20(18,19)11-5-3-10(4-6-11)12-2-1-8-16-13(12)15/h1-6,8,17H,7,9H2. The molecule has 106 valence electrons. The van der Waals surface area contributed by atoms with Gasteiger partial charge in [0.2, 0.25) is 16.0 Å². The van der Waals surface area contributed by atoms with Crippen LogP contribution in [0.25, 0.3) is 11.1 Å². The number of hydrogen-bond acceptors (Lipinski definition) is 3. The molecule has 7 heteroatoms. The fourth-order valence-electron chi connectivity index (χ4n) is 1.67. The molecule has 0 atom stereocenters. The van der Waals surface area contributed by atoms with Crippen LogP contribution in [0, 0.1) is 5.95 Å². The van der Waals surface area contributed by atoms with E-state index in [0.717, 1.165) is 0 Å². The van der Waals surface area contributed by atoms with Gasteiger partial charge in [0.25, 0.3) is 0 Å². The summed E-state index contributed by atoms with van der Waals surface area (Å²) in [4.78, 5) is 3.66. The molecule has 1 heterocycles. The van der Waals surface area contributed by atoms with Gasteiger partial charge < -0.3 is 0 Å². The summed E-state index contributed by atoms with van der Waals surface area (Å²) in [5, 5.41) is 0. The van der Waals surface area contributed by atoms with E-state index < -0.39 is 16.0 Å². The highest BCUT2D eigenvalue weighted by atomic mass is 35.5. The molecule has 0 unspecified atom stereocenters. The summed E-state index contributed by atoms with van der Waals surface area (Å²) in [6.07, 6.45) is 1.35. The molecule has 2 aromatic rings. The molecule has 2 rings (SSSR count). The Hall–Kier alpha value is -1.50. The van der Waals surface area contributed by atoms with Gasteiger partial charge in [-0.2, -0.15) is 4.39 Å². The molecule has 1 aromatic carbocycles.